The van der Waals surface area contributed by atoms with Crippen LogP contribution in [-0.4, -0.2) is 21.8 Å². The topological polar surface area (TPSA) is 29.1 Å². The van der Waals surface area contributed by atoms with Gasteiger partial charge in [0.05, 0.1) is 0 Å². The summed E-state index contributed by atoms with van der Waals surface area (Å²) >= 11 is 6.09. The normalized spacial score (nSPS) is 24.8. The minimum Gasteiger partial charge on any atom is -0.310 e. The molecular weight excluding hydrogens is 254 g/mol. The summed E-state index contributed by atoms with van der Waals surface area (Å²) in [6.07, 6.45) is 2.04. The lowest BCUT2D eigenvalue weighted by molar-refractivity contribution is 0.475. The molecule has 1 fully saturated rings. The Bertz CT molecular complexity index is 412. The first kappa shape index (κ1) is 13.1. The highest BCUT2D eigenvalue weighted by Crippen LogP contribution is 2.17. The molecule has 0 aliphatic carbocycles. The summed E-state index contributed by atoms with van der Waals surface area (Å²) in [5.74, 6) is 1.68. The van der Waals surface area contributed by atoms with Crippen LogP contribution in [0.2, 0.25) is 5.02 Å². The largest absolute Gasteiger partial charge is 0.310 e. The molecule has 0 unspecified atom stereocenters. The molecule has 0 atom stereocenters. The van der Waals surface area contributed by atoms with Gasteiger partial charge in [-0.05, 0) is 37.0 Å². The summed E-state index contributed by atoms with van der Waals surface area (Å²) in [6.45, 7) is 2.85. The Morgan fingerprint density at radius 3 is 2.76 bits per heavy atom. The van der Waals surface area contributed by atoms with Crippen molar-refractivity contribution in [2.45, 2.75) is 32.4 Å². The monoisotopic (exact) mass is 271 g/mol. The fourth-order valence-corrected chi connectivity index (χ4v) is 3.51. The lowest BCUT2D eigenvalue weighted by Gasteiger charge is -2.22. The van der Waals surface area contributed by atoms with E-state index in [4.69, 9.17) is 11.6 Å². The van der Waals surface area contributed by atoms with Gasteiger partial charge in [0.2, 0.25) is 0 Å². The van der Waals surface area contributed by atoms with Crippen LogP contribution >= 0.6 is 11.6 Å². The fraction of sp³-hybridized carbons (Fsp3) is 0.538. The zero-order valence-electron chi connectivity index (χ0n) is 10.0. The Hall–Kier alpha value is -0.380. The van der Waals surface area contributed by atoms with Crippen LogP contribution < -0.4 is 5.32 Å². The number of hydrogen-bond acceptors (Lipinski definition) is 2. The first-order valence-electron chi connectivity index (χ1n) is 5.98. The Morgan fingerprint density at radius 1 is 1.41 bits per heavy atom. The van der Waals surface area contributed by atoms with Gasteiger partial charge >= 0.3 is 0 Å². The Morgan fingerprint density at radius 2 is 2.12 bits per heavy atom. The van der Waals surface area contributed by atoms with Gasteiger partial charge in [-0.25, -0.2) is 0 Å². The van der Waals surface area contributed by atoms with Crippen LogP contribution in [0, 0.1) is 6.92 Å². The summed E-state index contributed by atoms with van der Waals surface area (Å²) in [5, 5.41) is 4.34. The van der Waals surface area contributed by atoms with Crippen molar-refractivity contribution in [3.05, 3.63) is 34.3 Å². The molecule has 0 spiro atoms. The third kappa shape index (κ3) is 3.80. The SMILES string of the molecule is Cc1ccc(CNC2CCS(=O)CC2)cc1Cl. The maximum absolute atomic E-state index is 11.2. The molecule has 1 aromatic carbocycles. The van der Waals surface area contributed by atoms with E-state index in [-0.39, 0.29) is 0 Å². The molecule has 1 aromatic rings. The highest BCUT2D eigenvalue weighted by molar-refractivity contribution is 7.85. The first-order valence-corrected chi connectivity index (χ1v) is 7.85. The second-order valence-electron chi connectivity index (χ2n) is 4.59. The smallest absolute Gasteiger partial charge is 0.0438 e. The van der Waals surface area contributed by atoms with Gasteiger partial charge < -0.3 is 5.32 Å². The number of nitrogens with one attached hydrogen (secondary N) is 1. The molecule has 0 radical (unpaired) electrons. The van der Waals surface area contributed by atoms with Crippen molar-refractivity contribution < 1.29 is 4.21 Å². The number of hydrogen-bond donors (Lipinski definition) is 1. The fourth-order valence-electron chi connectivity index (χ4n) is 2.01. The van der Waals surface area contributed by atoms with Crippen LogP contribution in [0.1, 0.15) is 24.0 Å². The molecule has 0 amide bonds. The van der Waals surface area contributed by atoms with Crippen LogP contribution in [-0.2, 0) is 17.3 Å². The van der Waals surface area contributed by atoms with E-state index < -0.39 is 10.8 Å². The van der Waals surface area contributed by atoms with Crippen LogP contribution in [0.25, 0.3) is 0 Å². The van der Waals surface area contributed by atoms with Gasteiger partial charge in [-0.15, -0.1) is 0 Å². The average molecular weight is 272 g/mol. The number of aryl methyl sites for hydroxylation is 1. The van der Waals surface area contributed by atoms with Gasteiger partial charge in [0.1, 0.15) is 0 Å². The molecule has 1 saturated heterocycles. The summed E-state index contributed by atoms with van der Waals surface area (Å²) in [6, 6.07) is 6.68. The molecule has 1 heterocycles. The standard InChI is InChI=1S/C13H18ClNOS/c1-10-2-3-11(8-13(10)14)9-15-12-4-6-17(16)7-5-12/h2-3,8,12,15H,4-7,9H2,1H3. The number of rotatable bonds is 3. The zero-order valence-corrected chi connectivity index (χ0v) is 11.6. The molecule has 0 aromatic heterocycles. The molecule has 94 valence electrons. The first-order chi connectivity index (χ1) is 8.15. The van der Waals surface area contributed by atoms with Crippen LogP contribution in [0.3, 0.4) is 0 Å². The minimum atomic E-state index is -0.577. The quantitative estimate of drug-likeness (QED) is 0.916. The highest BCUT2D eigenvalue weighted by Gasteiger charge is 2.16. The summed E-state index contributed by atoms with van der Waals surface area (Å²) in [4.78, 5) is 0. The number of halogens is 1. The van der Waals surface area contributed by atoms with Gasteiger partial charge in [-0.1, -0.05) is 23.7 Å². The van der Waals surface area contributed by atoms with E-state index in [1.54, 1.807) is 0 Å². The van der Waals surface area contributed by atoms with E-state index >= 15 is 0 Å². The predicted octanol–water partition coefficient (Wildman–Crippen LogP) is 2.65. The summed E-state index contributed by atoms with van der Waals surface area (Å²) in [5.41, 5.74) is 2.33. The molecule has 0 saturated carbocycles. The van der Waals surface area contributed by atoms with Crippen molar-refractivity contribution in [1.29, 1.82) is 0 Å². The van der Waals surface area contributed by atoms with Crippen molar-refractivity contribution >= 4 is 22.4 Å². The molecule has 1 N–H and O–H groups in total. The van der Waals surface area contributed by atoms with Crippen molar-refractivity contribution in [3.8, 4) is 0 Å². The third-order valence-corrected chi connectivity index (χ3v) is 5.01. The lowest BCUT2D eigenvalue weighted by atomic mass is 10.1. The Labute approximate surface area is 110 Å². The lowest BCUT2D eigenvalue weighted by Crippen LogP contribution is -2.35. The van der Waals surface area contributed by atoms with Crippen molar-refractivity contribution in [2.24, 2.45) is 0 Å². The van der Waals surface area contributed by atoms with Gasteiger partial charge in [0.15, 0.2) is 0 Å². The highest BCUT2D eigenvalue weighted by atomic mass is 35.5. The van der Waals surface area contributed by atoms with Crippen LogP contribution in [0.15, 0.2) is 18.2 Å². The second-order valence-corrected chi connectivity index (χ2v) is 6.69. The maximum atomic E-state index is 11.2. The van der Waals surface area contributed by atoms with Gasteiger partial charge in [-0.3, -0.25) is 4.21 Å². The summed E-state index contributed by atoms with van der Waals surface area (Å²) in [7, 11) is -0.577. The molecule has 0 bridgehead atoms. The van der Waals surface area contributed by atoms with Crippen molar-refractivity contribution in [1.82, 2.24) is 5.32 Å². The summed E-state index contributed by atoms with van der Waals surface area (Å²) < 4.78 is 11.2. The van der Waals surface area contributed by atoms with E-state index in [1.165, 1.54) is 5.56 Å². The molecule has 4 heteroatoms. The van der Waals surface area contributed by atoms with Crippen molar-refractivity contribution in [3.63, 3.8) is 0 Å². The van der Waals surface area contributed by atoms with Gasteiger partial charge in [0.25, 0.3) is 0 Å². The van der Waals surface area contributed by atoms with Crippen molar-refractivity contribution in [2.75, 3.05) is 11.5 Å². The second kappa shape index (κ2) is 5.98. The van der Waals surface area contributed by atoms with Crippen LogP contribution in [0.4, 0.5) is 0 Å². The zero-order chi connectivity index (χ0) is 12.3. The van der Waals surface area contributed by atoms with E-state index in [9.17, 15) is 4.21 Å². The van der Waals surface area contributed by atoms with E-state index in [0.717, 1.165) is 41.5 Å². The van der Waals surface area contributed by atoms with E-state index in [2.05, 4.69) is 17.4 Å². The Balaban J connectivity index is 1.85. The average Bonchev–Trinajstić information content (AvgIpc) is 2.33. The van der Waals surface area contributed by atoms with Crippen LogP contribution in [0.5, 0.6) is 0 Å². The molecule has 1 aliphatic rings. The van der Waals surface area contributed by atoms with E-state index in [1.807, 2.05) is 13.0 Å². The maximum Gasteiger partial charge on any atom is 0.0438 e. The van der Waals surface area contributed by atoms with Gasteiger partial charge in [0, 0.05) is 39.9 Å². The predicted molar refractivity (Wildman–Crippen MR) is 73.9 cm³/mol. The molecule has 2 nitrogen and oxygen atoms in total. The number of benzene rings is 1. The minimum absolute atomic E-state index is 0.507. The molecule has 2 rings (SSSR count). The molecular formula is C13H18ClNOS. The third-order valence-electron chi connectivity index (χ3n) is 3.22. The van der Waals surface area contributed by atoms with E-state index in [0.29, 0.717) is 6.04 Å². The molecule has 17 heavy (non-hydrogen) atoms. The Kier molecular flexibility index (Phi) is 4.60. The molecule has 1 aliphatic heterocycles. The van der Waals surface area contributed by atoms with Gasteiger partial charge in [-0.2, -0.15) is 0 Å².